The third-order valence-electron chi connectivity index (χ3n) is 5.11. The molecule has 0 unspecified atom stereocenters. The van der Waals surface area contributed by atoms with Crippen molar-refractivity contribution in [1.82, 2.24) is 0 Å². The Hall–Kier alpha value is -0.400. The van der Waals surface area contributed by atoms with Crippen molar-refractivity contribution in [3.63, 3.8) is 0 Å². The molecular weight excluding hydrogens is 551 g/mol. The van der Waals surface area contributed by atoms with Crippen LogP contribution in [0.2, 0.25) is 0 Å². The van der Waals surface area contributed by atoms with Crippen molar-refractivity contribution in [2.75, 3.05) is 0 Å². The summed E-state index contributed by atoms with van der Waals surface area (Å²) in [6, 6.07) is 15.1. The molecule has 2 aliphatic rings. The molecule has 0 saturated heterocycles. The van der Waals surface area contributed by atoms with E-state index in [1.54, 1.807) is 37.2 Å². The van der Waals surface area contributed by atoms with Crippen LogP contribution in [0, 0.1) is 26.0 Å². The number of fused-ring (bicyclic) bond motifs is 3. The Bertz CT molecular complexity index is 816. The zero-order valence-corrected chi connectivity index (χ0v) is 28.0. The molecule has 0 heterocycles. The van der Waals surface area contributed by atoms with Crippen molar-refractivity contribution >= 4 is 31.7 Å². The number of rotatable bonds is 0. The first-order chi connectivity index (χ1) is 15.2. The van der Waals surface area contributed by atoms with E-state index < -0.39 is 0 Å². The molecule has 2 aliphatic carbocycles. The molecule has 0 saturated carbocycles. The van der Waals surface area contributed by atoms with E-state index in [0.29, 0.717) is 0 Å². The second-order valence-electron chi connectivity index (χ2n) is 9.33. The van der Waals surface area contributed by atoms with Crippen LogP contribution in [-0.4, -0.2) is 6.88 Å². The van der Waals surface area contributed by atoms with Crippen LogP contribution in [-0.2, 0) is 40.6 Å². The quantitative estimate of drug-likeness (QED) is 0.181. The van der Waals surface area contributed by atoms with E-state index in [9.17, 15) is 0 Å². The molecule has 0 N–H and O–H groups in total. The first kappa shape index (κ1) is 38.1. The zero-order chi connectivity index (χ0) is 24.9. The number of allylic oxidation sites excluding steroid dienone is 4. The van der Waals surface area contributed by atoms with E-state index in [2.05, 4.69) is 104 Å². The summed E-state index contributed by atoms with van der Waals surface area (Å²) in [5.74, 6) is 0. The molecule has 0 aliphatic heterocycles. The zero-order valence-electron chi connectivity index (χ0n) is 22.5. The van der Waals surface area contributed by atoms with Crippen molar-refractivity contribution in [2.24, 2.45) is 0 Å². The second-order valence-corrected chi connectivity index (χ2v) is 9.33. The van der Waals surface area contributed by atoms with Crippen molar-refractivity contribution in [3.8, 4) is 11.1 Å². The average Bonchev–Trinajstić information content (AvgIpc) is 3.47. The summed E-state index contributed by atoms with van der Waals surface area (Å²) < 4.78 is 0. The summed E-state index contributed by atoms with van der Waals surface area (Å²) in [5.41, 5.74) is 8.76. The van der Waals surface area contributed by atoms with Gasteiger partial charge < -0.3 is 13.8 Å². The van der Waals surface area contributed by atoms with Gasteiger partial charge in [-0.05, 0) is 17.4 Å². The van der Waals surface area contributed by atoms with Gasteiger partial charge in [-0.25, -0.2) is 12.2 Å². The van der Waals surface area contributed by atoms with E-state index in [-0.39, 0.29) is 35.6 Å². The number of benzene rings is 2. The van der Waals surface area contributed by atoms with E-state index >= 15 is 0 Å². The summed E-state index contributed by atoms with van der Waals surface area (Å²) in [6.07, 6.45) is 11.0. The summed E-state index contributed by atoms with van der Waals surface area (Å²) in [5, 5.41) is 0. The van der Waals surface area contributed by atoms with Gasteiger partial charge in [0.25, 0.3) is 0 Å². The number of hydrogen-bond donors (Lipinski definition) is 0. The maximum atomic E-state index is 3.53. The second kappa shape index (κ2) is 18.8. The van der Waals surface area contributed by atoms with Gasteiger partial charge in [-0.2, -0.15) is 49.2 Å². The molecule has 34 heavy (non-hydrogen) atoms. The molecule has 4 heteroatoms. The molecule has 2 aromatic rings. The molecule has 0 fully saturated rings. The van der Waals surface area contributed by atoms with Gasteiger partial charge in [0.05, 0.1) is 0 Å². The number of halogens is 2. The maximum absolute atomic E-state index is 3.53. The molecule has 0 amide bonds. The van der Waals surface area contributed by atoms with Gasteiger partial charge in [0.2, 0.25) is 0 Å². The Labute approximate surface area is 240 Å². The normalized spacial score (nSPS) is 11.7. The Balaban J connectivity index is -0.000000631. The van der Waals surface area contributed by atoms with Gasteiger partial charge in [0, 0.05) is 0 Å². The third kappa shape index (κ3) is 11.6. The van der Waals surface area contributed by atoms with E-state index in [0.717, 1.165) is 12.8 Å². The van der Waals surface area contributed by atoms with Crippen LogP contribution in [0.5, 0.6) is 0 Å². The Kier molecular flexibility index (Phi) is 21.1. The summed E-state index contributed by atoms with van der Waals surface area (Å²) in [4.78, 5) is 0. The van der Waals surface area contributed by atoms with Crippen LogP contribution in [0.15, 0.2) is 48.6 Å². The minimum absolute atomic E-state index is 0. The first-order valence-corrected chi connectivity index (χ1v) is 17.3. The fraction of sp³-hybridized carbons (Fsp3) is 0.400. The van der Waals surface area contributed by atoms with Crippen molar-refractivity contribution < 1.29 is 23.3 Å². The van der Waals surface area contributed by atoms with E-state index in [4.69, 9.17) is 0 Å². The van der Waals surface area contributed by atoms with Crippen molar-refractivity contribution in [3.05, 3.63) is 96.8 Å². The average molecular weight is 595 g/mol. The predicted octanol–water partition coefficient (Wildman–Crippen LogP) is 8.56. The summed E-state index contributed by atoms with van der Waals surface area (Å²) in [6.45, 7) is 25.6. The van der Waals surface area contributed by atoms with Gasteiger partial charge >= 0.3 is 30.2 Å². The fourth-order valence-electron chi connectivity index (χ4n) is 3.32. The van der Waals surface area contributed by atoms with Crippen LogP contribution in [0.4, 0.5) is 0 Å². The third-order valence-corrected chi connectivity index (χ3v) is 5.11. The van der Waals surface area contributed by atoms with Gasteiger partial charge in [-0.15, -0.1) is 36.8 Å². The van der Waals surface area contributed by atoms with Crippen LogP contribution in [0.3, 0.4) is 0 Å². The summed E-state index contributed by atoms with van der Waals surface area (Å²) in [7, 11) is 0. The molecule has 4 rings (SSSR count). The SMILES string of the molecule is CC(C)(C)c1c[c-]c2c(c1)-c1cc(C(C)(C)C)ccc1C2.Cl.Cl.[C-]1=CC=CC1.[CH2-]C.[CH2-]C.[SiH2]=[Zr]. The molecule has 0 aromatic heterocycles. The molecule has 0 spiro atoms. The molecule has 190 valence electrons. The fourth-order valence-corrected chi connectivity index (χ4v) is 3.32. The molecular formula is C30H44Cl2SiZr-4. The monoisotopic (exact) mass is 592 g/mol. The minimum atomic E-state index is 0. The standard InChI is InChI=1S/C21H25.C5H5.2C2H5.2ClH.H2Si.Zr/c1-20(2,3)16-9-7-14-11-15-8-10-17(21(4,5)6)13-19(15)18(14)12-16;1-2-4-5-3-1;2*1-2;;;;/h7,9-10,12-13H,11H2,1-6H3;1-3H,4H2;2*1H2,2H3;2*1H;1H2;/q4*-1;;;;. The van der Waals surface area contributed by atoms with Crippen LogP contribution >= 0.6 is 24.8 Å². The summed E-state index contributed by atoms with van der Waals surface area (Å²) >= 11 is 1.58. The van der Waals surface area contributed by atoms with Gasteiger partial charge in [0.15, 0.2) is 0 Å². The molecule has 0 bridgehead atoms. The van der Waals surface area contributed by atoms with Gasteiger partial charge in [-0.3, -0.25) is 6.08 Å². The van der Waals surface area contributed by atoms with Crippen molar-refractivity contribution in [2.45, 2.75) is 79.1 Å². The molecule has 0 atom stereocenters. The Morgan fingerprint density at radius 2 is 1.35 bits per heavy atom. The Morgan fingerprint density at radius 3 is 1.76 bits per heavy atom. The van der Waals surface area contributed by atoms with E-state index in [1.165, 1.54) is 33.4 Å². The van der Waals surface area contributed by atoms with Crippen LogP contribution in [0.1, 0.15) is 84.1 Å². The first-order valence-electron chi connectivity index (χ1n) is 11.3. The van der Waals surface area contributed by atoms with Gasteiger partial charge in [-0.1, -0.05) is 76.3 Å². The van der Waals surface area contributed by atoms with Crippen molar-refractivity contribution in [1.29, 1.82) is 0 Å². The van der Waals surface area contributed by atoms with Gasteiger partial charge in [0.1, 0.15) is 0 Å². The Morgan fingerprint density at radius 1 is 0.824 bits per heavy atom. The van der Waals surface area contributed by atoms with Crippen LogP contribution < -0.4 is 0 Å². The van der Waals surface area contributed by atoms with E-state index in [1.807, 2.05) is 19.0 Å². The number of hydrogen-bond acceptors (Lipinski definition) is 0. The van der Waals surface area contributed by atoms with Crippen LogP contribution in [0.25, 0.3) is 11.1 Å². The molecule has 0 nitrogen and oxygen atoms in total. The molecule has 0 radical (unpaired) electrons. The predicted molar refractivity (Wildman–Crippen MR) is 158 cm³/mol. The topological polar surface area (TPSA) is 0 Å². The molecule has 2 aromatic carbocycles.